The summed E-state index contributed by atoms with van der Waals surface area (Å²) in [6.45, 7) is 0. The molecule has 3 rings (SSSR count). The first-order chi connectivity index (χ1) is 9.16. The van der Waals surface area contributed by atoms with Gasteiger partial charge in [0.05, 0.1) is 5.56 Å². The van der Waals surface area contributed by atoms with E-state index in [0.717, 1.165) is 18.5 Å². The molecule has 0 amide bonds. The molecule has 0 bridgehead atoms. The van der Waals surface area contributed by atoms with Gasteiger partial charge in [0.2, 0.25) is 0 Å². The summed E-state index contributed by atoms with van der Waals surface area (Å²) in [6, 6.07) is 6.63. The quantitative estimate of drug-likeness (QED) is 0.864. The van der Waals surface area contributed by atoms with Gasteiger partial charge in [-0.1, -0.05) is 12.1 Å². The number of rotatable bonds is 2. The summed E-state index contributed by atoms with van der Waals surface area (Å²) in [7, 11) is 0. The predicted octanol–water partition coefficient (Wildman–Crippen LogP) is 2.08. The highest BCUT2D eigenvalue weighted by atomic mass is 16.4. The lowest BCUT2D eigenvalue weighted by Crippen LogP contribution is -2.17. The summed E-state index contributed by atoms with van der Waals surface area (Å²) in [5, 5.41) is 19.1. The largest absolute Gasteiger partial charge is 0.478 e. The highest BCUT2D eigenvalue weighted by Gasteiger charge is 2.22. The van der Waals surface area contributed by atoms with Crippen molar-refractivity contribution in [2.45, 2.75) is 25.5 Å². The molecule has 2 N–H and O–H groups in total. The molecule has 2 heterocycles. The molecule has 5 heteroatoms. The zero-order chi connectivity index (χ0) is 13.4. The van der Waals surface area contributed by atoms with Gasteiger partial charge < -0.3 is 14.8 Å². The number of carbonyl (C=O) groups is 1. The zero-order valence-corrected chi connectivity index (χ0v) is 10.3. The van der Waals surface area contributed by atoms with Crippen LogP contribution in [0.25, 0.3) is 11.4 Å². The SMILES string of the molecule is O=C(O)c1cccc(-c2ncc3n2C(O)CCC3)c1. The summed E-state index contributed by atoms with van der Waals surface area (Å²) in [5.41, 5.74) is 1.93. The Bertz CT molecular complexity index is 633. The molecule has 5 nitrogen and oxygen atoms in total. The fraction of sp³-hybridized carbons (Fsp3) is 0.286. The summed E-state index contributed by atoms with van der Waals surface area (Å²) in [5.74, 6) is -0.335. The van der Waals surface area contributed by atoms with Crippen molar-refractivity contribution in [3.8, 4) is 11.4 Å². The van der Waals surface area contributed by atoms with Gasteiger partial charge in [-0.2, -0.15) is 0 Å². The lowest BCUT2D eigenvalue weighted by Gasteiger charge is -2.22. The van der Waals surface area contributed by atoms with Crippen molar-refractivity contribution in [2.75, 3.05) is 0 Å². The van der Waals surface area contributed by atoms with E-state index in [4.69, 9.17) is 5.11 Å². The Kier molecular flexibility index (Phi) is 2.83. The number of aromatic nitrogens is 2. The van der Waals surface area contributed by atoms with Crippen molar-refractivity contribution in [2.24, 2.45) is 0 Å². The van der Waals surface area contributed by atoms with E-state index >= 15 is 0 Å². The van der Waals surface area contributed by atoms with Gasteiger partial charge in [-0.15, -0.1) is 0 Å². The molecule has 0 spiro atoms. The molecule has 0 fully saturated rings. The number of benzene rings is 1. The molecule has 98 valence electrons. The summed E-state index contributed by atoms with van der Waals surface area (Å²) in [4.78, 5) is 15.3. The fourth-order valence-electron chi connectivity index (χ4n) is 2.51. The topological polar surface area (TPSA) is 75.3 Å². The maximum Gasteiger partial charge on any atom is 0.335 e. The zero-order valence-electron chi connectivity index (χ0n) is 10.3. The average Bonchev–Trinajstić information content (AvgIpc) is 2.84. The first-order valence-electron chi connectivity index (χ1n) is 6.24. The van der Waals surface area contributed by atoms with Crippen LogP contribution in [0.3, 0.4) is 0 Å². The number of nitrogens with zero attached hydrogens (tertiary/aromatic N) is 2. The van der Waals surface area contributed by atoms with E-state index in [-0.39, 0.29) is 5.56 Å². The van der Waals surface area contributed by atoms with Gasteiger partial charge in [-0.05, 0) is 31.4 Å². The lowest BCUT2D eigenvalue weighted by molar-refractivity contribution is 0.0697. The van der Waals surface area contributed by atoms with Crippen molar-refractivity contribution in [1.82, 2.24) is 9.55 Å². The first kappa shape index (κ1) is 11.9. The van der Waals surface area contributed by atoms with Gasteiger partial charge >= 0.3 is 5.97 Å². The number of aryl methyl sites for hydroxylation is 1. The maximum absolute atomic E-state index is 11.0. The minimum absolute atomic E-state index is 0.222. The number of hydrogen-bond donors (Lipinski definition) is 2. The van der Waals surface area contributed by atoms with E-state index in [2.05, 4.69) is 4.98 Å². The first-order valence-corrected chi connectivity index (χ1v) is 6.24. The normalized spacial score (nSPS) is 18.1. The smallest absolute Gasteiger partial charge is 0.335 e. The predicted molar refractivity (Wildman–Crippen MR) is 68.8 cm³/mol. The summed E-state index contributed by atoms with van der Waals surface area (Å²) >= 11 is 0. The monoisotopic (exact) mass is 258 g/mol. The van der Waals surface area contributed by atoms with Gasteiger partial charge in [-0.25, -0.2) is 9.78 Å². The number of aromatic carboxylic acids is 1. The molecule has 1 atom stereocenters. The number of carboxylic acids is 1. The van der Waals surface area contributed by atoms with Crippen molar-refractivity contribution < 1.29 is 15.0 Å². The van der Waals surface area contributed by atoms with Crippen molar-refractivity contribution in [3.63, 3.8) is 0 Å². The second kappa shape index (κ2) is 4.51. The molecule has 1 aromatic carbocycles. The minimum atomic E-state index is -0.965. The van der Waals surface area contributed by atoms with Gasteiger partial charge in [-0.3, -0.25) is 0 Å². The van der Waals surface area contributed by atoms with E-state index in [0.29, 0.717) is 17.8 Å². The molecular weight excluding hydrogens is 244 g/mol. The third-order valence-electron chi connectivity index (χ3n) is 3.43. The molecule has 2 aromatic rings. The van der Waals surface area contributed by atoms with Gasteiger partial charge in [0.1, 0.15) is 12.1 Å². The number of aliphatic hydroxyl groups is 1. The minimum Gasteiger partial charge on any atom is -0.478 e. The number of carboxylic acid groups (broad SMARTS) is 1. The molecule has 0 aliphatic carbocycles. The number of fused-ring (bicyclic) bond motifs is 1. The summed E-state index contributed by atoms with van der Waals surface area (Å²) < 4.78 is 1.80. The van der Waals surface area contributed by atoms with E-state index in [9.17, 15) is 9.90 Å². The van der Waals surface area contributed by atoms with E-state index < -0.39 is 12.2 Å². The molecule has 0 saturated heterocycles. The van der Waals surface area contributed by atoms with Crippen LogP contribution in [0.5, 0.6) is 0 Å². The van der Waals surface area contributed by atoms with Crippen LogP contribution in [-0.4, -0.2) is 25.7 Å². The Labute approximate surface area is 110 Å². The number of aliphatic hydroxyl groups excluding tert-OH is 1. The van der Waals surface area contributed by atoms with Crippen LogP contribution in [-0.2, 0) is 6.42 Å². The lowest BCUT2D eigenvalue weighted by atomic mass is 10.1. The molecular formula is C14H14N2O3. The van der Waals surface area contributed by atoms with Crippen LogP contribution < -0.4 is 0 Å². The van der Waals surface area contributed by atoms with Crippen LogP contribution in [0.1, 0.15) is 35.1 Å². The van der Waals surface area contributed by atoms with E-state index in [1.54, 1.807) is 29.0 Å². The van der Waals surface area contributed by atoms with Crippen molar-refractivity contribution in [1.29, 1.82) is 0 Å². The Morgan fingerprint density at radius 1 is 1.42 bits per heavy atom. The van der Waals surface area contributed by atoms with Crippen LogP contribution >= 0.6 is 0 Å². The van der Waals surface area contributed by atoms with Crippen LogP contribution in [0.15, 0.2) is 30.5 Å². The van der Waals surface area contributed by atoms with Crippen LogP contribution in [0, 0.1) is 0 Å². The molecule has 1 aliphatic heterocycles. The van der Waals surface area contributed by atoms with Gasteiger partial charge in [0, 0.05) is 17.5 Å². The third kappa shape index (κ3) is 2.02. The Hall–Kier alpha value is -2.14. The average molecular weight is 258 g/mol. The third-order valence-corrected chi connectivity index (χ3v) is 3.43. The van der Waals surface area contributed by atoms with Crippen molar-refractivity contribution >= 4 is 5.97 Å². The second-order valence-electron chi connectivity index (χ2n) is 4.70. The molecule has 1 aliphatic rings. The highest BCUT2D eigenvalue weighted by molar-refractivity contribution is 5.89. The fourth-order valence-corrected chi connectivity index (χ4v) is 2.51. The van der Waals surface area contributed by atoms with E-state index in [1.807, 2.05) is 6.07 Å². The number of hydrogen-bond acceptors (Lipinski definition) is 3. The van der Waals surface area contributed by atoms with E-state index in [1.165, 1.54) is 0 Å². The Morgan fingerprint density at radius 3 is 3.05 bits per heavy atom. The molecule has 0 saturated carbocycles. The number of imidazole rings is 1. The maximum atomic E-state index is 11.0. The molecule has 19 heavy (non-hydrogen) atoms. The summed E-state index contributed by atoms with van der Waals surface area (Å²) in [6.07, 6.45) is 3.72. The standard InChI is InChI=1S/C14H14N2O3/c17-12-6-2-5-11-8-15-13(16(11)12)9-3-1-4-10(7-9)14(18)19/h1,3-4,7-8,12,17H,2,5-6H2,(H,18,19). The molecule has 0 radical (unpaired) electrons. The van der Waals surface area contributed by atoms with Crippen molar-refractivity contribution in [3.05, 3.63) is 41.7 Å². The van der Waals surface area contributed by atoms with Gasteiger partial charge in [0.15, 0.2) is 0 Å². The van der Waals surface area contributed by atoms with Crippen LogP contribution in [0.2, 0.25) is 0 Å². The highest BCUT2D eigenvalue weighted by Crippen LogP contribution is 2.30. The second-order valence-corrected chi connectivity index (χ2v) is 4.70. The Morgan fingerprint density at radius 2 is 2.26 bits per heavy atom. The van der Waals surface area contributed by atoms with Gasteiger partial charge in [0.25, 0.3) is 0 Å². The molecule has 1 unspecified atom stereocenters. The Balaban J connectivity index is 2.10. The molecule has 1 aromatic heterocycles. The van der Waals surface area contributed by atoms with Crippen LogP contribution in [0.4, 0.5) is 0 Å².